The van der Waals surface area contributed by atoms with Gasteiger partial charge in [0, 0.05) is 12.0 Å². The molecule has 1 heterocycles. The Kier molecular flexibility index (Phi) is 7.57. The maximum absolute atomic E-state index is 12.0. The zero-order valence-electron chi connectivity index (χ0n) is 19.4. The van der Waals surface area contributed by atoms with Gasteiger partial charge < -0.3 is 18.6 Å². The van der Waals surface area contributed by atoms with Crippen molar-refractivity contribution in [1.82, 2.24) is 4.98 Å². The minimum atomic E-state index is -1.06. The van der Waals surface area contributed by atoms with E-state index in [-0.39, 0.29) is 0 Å². The number of hydrogen-bond donors (Lipinski definition) is 0. The molecule has 2 aromatic carbocycles. The summed E-state index contributed by atoms with van der Waals surface area (Å²) in [5.41, 5.74) is 2.08. The fourth-order valence-electron chi connectivity index (χ4n) is 3.18. The third-order valence-electron chi connectivity index (χ3n) is 5.07. The normalized spacial score (nSPS) is 11.3. The largest absolute Gasteiger partial charge is 0.493 e. The molecule has 6 heteroatoms. The van der Waals surface area contributed by atoms with Crippen LogP contribution >= 0.6 is 0 Å². The minimum absolute atomic E-state index is 0.316. The topological polar surface area (TPSA) is 70.8 Å². The molecule has 1 aromatic heterocycles. The molecular weight excluding hydrogens is 406 g/mol. The molecule has 0 unspecified atom stereocenters. The van der Waals surface area contributed by atoms with Gasteiger partial charge in [-0.25, -0.2) is 9.78 Å². The monoisotopic (exact) mass is 437 g/mol. The molecule has 0 atom stereocenters. The maximum atomic E-state index is 12.0. The van der Waals surface area contributed by atoms with E-state index in [1.807, 2.05) is 31.2 Å². The number of ether oxygens (including phenoxy) is 3. The molecule has 0 aliphatic heterocycles. The van der Waals surface area contributed by atoms with Crippen molar-refractivity contribution in [2.24, 2.45) is 0 Å². The Bertz CT molecular complexity index is 1020. The second-order valence-corrected chi connectivity index (χ2v) is 7.98. The van der Waals surface area contributed by atoms with E-state index in [9.17, 15) is 4.79 Å². The lowest BCUT2D eigenvalue weighted by molar-refractivity contribution is -0.158. The van der Waals surface area contributed by atoms with Crippen molar-refractivity contribution in [2.75, 3.05) is 13.2 Å². The number of benzene rings is 2. The van der Waals surface area contributed by atoms with Crippen LogP contribution in [0.15, 0.2) is 52.9 Å². The molecule has 6 nitrogen and oxygen atoms in total. The summed E-state index contributed by atoms with van der Waals surface area (Å²) >= 11 is 0. The standard InChI is InChI=1S/C26H31NO5/c1-6-19-8-10-20(11-9-19)24-27-23(18(3)31-24)16-17-30-21-12-14-22(15-13-21)32-26(4,5)25(28)29-7-2/h8-15H,6-7,16-17H2,1-5H3. The van der Waals surface area contributed by atoms with E-state index in [4.69, 9.17) is 18.6 Å². The number of rotatable bonds is 10. The first-order chi connectivity index (χ1) is 15.3. The van der Waals surface area contributed by atoms with E-state index in [0.717, 1.165) is 23.4 Å². The number of carbonyl (C=O) groups excluding carboxylic acids is 1. The van der Waals surface area contributed by atoms with Gasteiger partial charge >= 0.3 is 5.97 Å². The van der Waals surface area contributed by atoms with Crippen LogP contribution in [-0.4, -0.2) is 29.8 Å². The fraction of sp³-hybridized carbons (Fsp3) is 0.385. The van der Waals surface area contributed by atoms with E-state index in [0.29, 0.717) is 37.0 Å². The van der Waals surface area contributed by atoms with Crippen molar-refractivity contribution < 1.29 is 23.4 Å². The molecule has 3 aromatic rings. The van der Waals surface area contributed by atoms with Gasteiger partial charge in [0.15, 0.2) is 5.60 Å². The van der Waals surface area contributed by atoms with Gasteiger partial charge in [0.1, 0.15) is 17.3 Å². The summed E-state index contributed by atoms with van der Waals surface area (Å²) in [5.74, 6) is 2.31. The van der Waals surface area contributed by atoms with Crippen molar-refractivity contribution in [1.29, 1.82) is 0 Å². The molecule has 170 valence electrons. The molecule has 0 N–H and O–H groups in total. The maximum Gasteiger partial charge on any atom is 0.349 e. The number of aryl methyl sites for hydroxylation is 2. The van der Waals surface area contributed by atoms with Gasteiger partial charge in [-0.3, -0.25) is 0 Å². The van der Waals surface area contributed by atoms with Crippen LogP contribution in [0.2, 0.25) is 0 Å². The van der Waals surface area contributed by atoms with Crippen LogP contribution in [-0.2, 0) is 22.4 Å². The summed E-state index contributed by atoms with van der Waals surface area (Å²) in [6.45, 7) is 9.97. The van der Waals surface area contributed by atoms with E-state index < -0.39 is 11.6 Å². The Hall–Kier alpha value is -3.28. The predicted octanol–water partition coefficient (Wildman–Crippen LogP) is 5.55. The van der Waals surface area contributed by atoms with E-state index in [1.165, 1.54) is 5.56 Å². The number of esters is 1. The molecule has 0 spiro atoms. The Morgan fingerprint density at radius 1 is 1.00 bits per heavy atom. The van der Waals surface area contributed by atoms with Crippen LogP contribution in [0.1, 0.15) is 44.7 Å². The molecule has 3 rings (SSSR count). The van der Waals surface area contributed by atoms with E-state index >= 15 is 0 Å². The van der Waals surface area contributed by atoms with Gasteiger partial charge in [0.05, 0.1) is 18.9 Å². The van der Waals surface area contributed by atoms with Crippen LogP contribution in [0.4, 0.5) is 0 Å². The molecule has 0 fully saturated rings. The van der Waals surface area contributed by atoms with Gasteiger partial charge in [-0.15, -0.1) is 0 Å². The Morgan fingerprint density at radius 3 is 2.28 bits per heavy atom. The predicted molar refractivity (Wildman–Crippen MR) is 123 cm³/mol. The molecule has 0 aliphatic carbocycles. The summed E-state index contributed by atoms with van der Waals surface area (Å²) < 4.78 is 22.5. The summed E-state index contributed by atoms with van der Waals surface area (Å²) in [7, 11) is 0. The van der Waals surface area contributed by atoms with Crippen molar-refractivity contribution in [2.45, 2.75) is 53.1 Å². The second-order valence-electron chi connectivity index (χ2n) is 7.98. The molecule has 0 saturated carbocycles. The molecule has 0 bridgehead atoms. The van der Waals surface area contributed by atoms with Crippen LogP contribution in [0.3, 0.4) is 0 Å². The van der Waals surface area contributed by atoms with Crippen LogP contribution in [0.5, 0.6) is 11.5 Å². The molecule has 0 saturated heterocycles. The van der Waals surface area contributed by atoms with Gasteiger partial charge in [0.2, 0.25) is 5.89 Å². The van der Waals surface area contributed by atoms with Crippen molar-refractivity contribution in [3.8, 4) is 23.0 Å². The smallest absolute Gasteiger partial charge is 0.349 e. The van der Waals surface area contributed by atoms with Gasteiger partial charge in [-0.2, -0.15) is 0 Å². The lowest BCUT2D eigenvalue weighted by Gasteiger charge is -2.24. The quantitative estimate of drug-likeness (QED) is 0.387. The highest BCUT2D eigenvalue weighted by molar-refractivity contribution is 5.79. The van der Waals surface area contributed by atoms with Crippen molar-refractivity contribution in [3.05, 3.63) is 65.5 Å². The lowest BCUT2D eigenvalue weighted by atomic mass is 10.1. The Morgan fingerprint density at radius 2 is 1.66 bits per heavy atom. The minimum Gasteiger partial charge on any atom is -0.493 e. The molecule has 0 amide bonds. The SMILES string of the molecule is CCOC(=O)C(C)(C)Oc1ccc(OCCc2nc(-c3ccc(CC)cc3)oc2C)cc1. The molecular formula is C26H31NO5. The average Bonchev–Trinajstić information content (AvgIpc) is 3.15. The van der Waals surface area contributed by atoms with Gasteiger partial charge in [-0.05, 0) is 76.1 Å². The summed E-state index contributed by atoms with van der Waals surface area (Å²) in [5, 5.41) is 0. The number of nitrogens with zero attached hydrogens (tertiary/aromatic N) is 1. The number of aromatic nitrogens is 1. The van der Waals surface area contributed by atoms with Gasteiger partial charge in [0.25, 0.3) is 0 Å². The first-order valence-electron chi connectivity index (χ1n) is 11.0. The Balaban J connectivity index is 1.54. The molecule has 32 heavy (non-hydrogen) atoms. The highest BCUT2D eigenvalue weighted by Crippen LogP contribution is 2.25. The molecule has 0 radical (unpaired) electrons. The summed E-state index contributed by atoms with van der Waals surface area (Å²) in [4.78, 5) is 16.6. The van der Waals surface area contributed by atoms with Crippen molar-refractivity contribution in [3.63, 3.8) is 0 Å². The van der Waals surface area contributed by atoms with Crippen LogP contribution in [0, 0.1) is 6.92 Å². The van der Waals surface area contributed by atoms with Crippen molar-refractivity contribution >= 4 is 5.97 Å². The first-order valence-corrected chi connectivity index (χ1v) is 11.0. The lowest BCUT2D eigenvalue weighted by Crippen LogP contribution is -2.39. The zero-order valence-corrected chi connectivity index (χ0v) is 19.4. The van der Waals surface area contributed by atoms with Crippen LogP contribution < -0.4 is 9.47 Å². The second kappa shape index (κ2) is 10.4. The Labute approximate surface area is 189 Å². The summed E-state index contributed by atoms with van der Waals surface area (Å²) in [6.07, 6.45) is 1.64. The van der Waals surface area contributed by atoms with E-state index in [1.54, 1.807) is 32.9 Å². The summed E-state index contributed by atoms with van der Waals surface area (Å²) in [6, 6.07) is 15.4. The number of oxazole rings is 1. The number of hydrogen-bond acceptors (Lipinski definition) is 6. The first kappa shape index (κ1) is 23.4. The van der Waals surface area contributed by atoms with E-state index in [2.05, 4.69) is 24.0 Å². The third-order valence-corrected chi connectivity index (χ3v) is 5.07. The highest BCUT2D eigenvalue weighted by atomic mass is 16.6. The fourth-order valence-corrected chi connectivity index (χ4v) is 3.18. The van der Waals surface area contributed by atoms with Gasteiger partial charge in [-0.1, -0.05) is 19.1 Å². The number of carbonyl (C=O) groups is 1. The zero-order chi connectivity index (χ0) is 23.1. The van der Waals surface area contributed by atoms with Crippen LogP contribution in [0.25, 0.3) is 11.5 Å². The highest BCUT2D eigenvalue weighted by Gasteiger charge is 2.31. The average molecular weight is 438 g/mol. The third kappa shape index (κ3) is 5.90. The molecule has 0 aliphatic rings.